The van der Waals surface area contributed by atoms with Crippen molar-refractivity contribution >= 4 is 38.9 Å². The van der Waals surface area contributed by atoms with E-state index in [1.165, 1.54) is 16.9 Å². The van der Waals surface area contributed by atoms with E-state index in [9.17, 15) is 4.79 Å². The van der Waals surface area contributed by atoms with Crippen LogP contribution in [0.3, 0.4) is 0 Å². The van der Waals surface area contributed by atoms with Crippen molar-refractivity contribution in [3.63, 3.8) is 0 Å². The number of amides is 1. The quantitative estimate of drug-likeness (QED) is 0.801. The molecule has 1 heterocycles. The van der Waals surface area contributed by atoms with Gasteiger partial charge in [-0.1, -0.05) is 17.7 Å². The van der Waals surface area contributed by atoms with Gasteiger partial charge in [-0.2, -0.15) is 0 Å². The molecule has 0 bridgehead atoms. The molecule has 0 saturated heterocycles. The van der Waals surface area contributed by atoms with Crippen molar-refractivity contribution in [1.29, 1.82) is 0 Å². The number of thiophene rings is 1. The van der Waals surface area contributed by atoms with Gasteiger partial charge in [0, 0.05) is 12.7 Å². The Labute approximate surface area is 119 Å². The number of anilines is 1. The molecule has 0 aliphatic rings. The molecule has 18 heavy (non-hydrogen) atoms. The average molecular weight is 324 g/mol. The van der Waals surface area contributed by atoms with Crippen LogP contribution in [0.1, 0.15) is 20.8 Å². The lowest BCUT2D eigenvalue weighted by atomic mass is 10.2. The summed E-state index contributed by atoms with van der Waals surface area (Å²) in [5.74, 6) is 0.0256. The Morgan fingerprint density at radius 1 is 1.22 bits per heavy atom. The maximum atomic E-state index is 12.3. The Hall–Kier alpha value is -1.13. The van der Waals surface area contributed by atoms with Crippen molar-refractivity contribution in [1.82, 2.24) is 0 Å². The Morgan fingerprint density at radius 2 is 1.83 bits per heavy atom. The number of hydrogen-bond acceptors (Lipinski definition) is 2. The van der Waals surface area contributed by atoms with E-state index in [4.69, 9.17) is 0 Å². The van der Waals surface area contributed by atoms with Crippen LogP contribution in [0.4, 0.5) is 5.69 Å². The highest BCUT2D eigenvalue weighted by Crippen LogP contribution is 2.29. The smallest absolute Gasteiger partial charge is 0.268 e. The predicted octanol–water partition coefficient (Wildman–Crippen LogP) is 4.40. The minimum Gasteiger partial charge on any atom is -0.311 e. The van der Waals surface area contributed by atoms with Gasteiger partial charge in [0.2, 0.25) is 0 Å². The summed E-state index contributed by atoms with van der Waals surface area (Å²) < 4.78 is 1.02. The Bertz CT molecular complexity index is 554. The van der Waals surface area contributed by atoms with Gasteiger partial charge in [0.1, 0.15) is 0 Å². The first kappa shape index (κ1) is 13.3. The lowest BCUT2D eigenvalue weighted by molar-refractivity contribution is 0.0997. The normalized spacial score (nSPS) is 10.4. The molecule has 0 aliphatic heterocycles. The maximum Gasteiger partial charge on any atom is 0.268 e. The minimum atomic E-state index is 0.0256. The van der Waals surface area contributed by atoms with E-state index in [1.807, 2.05) is 44.2 Å². The first-order valence-corrected chi connectivity index (χ1v) is 7.20. The van der Waals surface area contributed by atoms with Crippen LogP contribution >= 0.6 is 27.3 Å². The fraction of sp³-hybridized carbons (Fsp3) is 0.214. The van der Waals surface area contributed by atoms with E-state index in [2.05, 4.69) is 15.9 Å². The summed E-state index contributed by atoms with van der Waals surface area (Å²) in [6.07, 6.45) is 0. The molecule has 0 fully saturated rings. The van der Waals surface area contributed by atoms with Gasteiger partial charge in [-0.05, 0) is 53.5 Å². The molecule has 0 atom stereocenters. The molecule has 2 aromatic rings. The summed E-state index contributed by atoms with van der Waals surface area (Å²) in [6, 6.07) is 9.86. The standard InChI is InChI=1S/C14H14BrNOS/c1-9-4-6-11(7-5-9)16(3)14(17)12-8-10(2)13(15)18-12/h4-8H,1-3H3. The number of aryl methyl sites for hydroxylation is 2. The fourth-order valence-corrected chi connectivity index (χ4v) is 3.13. The molecule has 0 spiro atoms. The molecule has 0 radical (unpaired) electrons. The summed E-state index contributed by atoms with van der Waals surface area (Å²) in [4.78, 5) is 14.7. The van der Waals surface area contributed by atoms with E-state index < -0.39 is 0 Å². The van der Waals surface area contributed by atoms with Crippen LogP contribution in [0.5, 0.6) is 0 Å². The lowest BCUT2D eigenvalue weighted by Crippen LogP contribution is -2.25. The third-order valence-corrected chi connectivity index (χ3v) is 4.92. The van der Waals surface area contributed by atoms with E-state index in [0.717, 1.165) is 19.9 Å². The number of halogens is 1. The van der Waals surface area contributed by atoms with Gasteiger partial charge in [-0.3, -0.25) is 4.79 Å². The molecule has 4 heteroatoms. The second kappa shape index (κ2) is 5.24. The van der Waals surface area contributed by atoms with Crippen LogP contribution in [-0.4, -0.2) is 13.0 Å². The van der Waals surface area contributed by atoms with Crippen LogP contribution in [0.2, 0.25) is 0 Å². The number of nitrogens with zero attached hydrogens (tertiary/aromatic N) is 1. The molecule has 0 saturated carbocycles. The Balaban J connectivity index is 2.26. The molecule has 2 rings (SSSR count). The molecule has 0 aliphatic carbocycles. The van der Waals surface area contributed by atoms with Crippen molar-refractivity contribution in [2.45, 2.75) is 13.8 Å². The van der Waals surface area contributed by atoms with E-state index in [1.54, 1.807) is 11.9 Å². The Morgan fingerprint density at radius 3 is 2.33 bits per heavy atom. The molecular weight excluding hydrogens is 310 g/mol. The van der Waals surface area contributed by atoms with Gasteiger partial charge in [0.15, 0.2) is 0 Å². The SMILES string of the molecule is Cc1ccc(N(C)C(=O)c2cc(C)c(Br)s2)cc1. The van der Waals surface area contributed by atoms with Crippen LogP contribution in [0, 0.1) is 13.8 Å². The largest absolute Gasteiger partial charge is 0.311 e. The van der Waals surface area contributed by atoms with E-state index >= 15 is 0 Å². The highest BCUT2D eigenvalue weighted by Gasteiger charge is 2.16. The number of carbonyl (C=O) groups is 1. The highest BCUT2D eigenvalue weighted by atomic mass is 79.9. The van der Waals surface area contributed by atoms with E-state index in [0.29, 0.717) is 0 Å². The molecule has 94 valence electrons. The van der Waals surface area contributed by atoms with Crippen molar-refractivity contribution in [3.8, 4) is 0 Å². The van der Waals surface area contributed by atoms with Crippen molar-refractivity contribution in [2.75, 3.05) is 11.9 Å². The van der Waals surface area contributed by atoms with Gasteiger partial charge in [0.05, 0.1) is 8.66 Å². The van der Waals surface area contributed by atoms with Crippen LogP contribution in [-0.2, 0) is 0 Å². The van der Waals surface area contributed by atoms with Crippen molar-refractivity contribution in [2.24, 2.45) is 0 Å². The third-order valence-electron chi connectivity index (χ3n) is 2.79. The summed E-state index contributed by atoms with van der Waals surface area (Å²) in [6.45, 7) is 4.02. The monoisotopic (exact) mass is 323 g/mol. The topological polar surface area (TPSA) is 20.3 Å². The third kappa shape index (κ3) is 2.65. The number of rotatable bonds is 2. The molecule has 1 aromatic heterocycles. The lowest BCUT2D eigenvalue weighted by Gasteiger charge is -2.16. The average Bonchev–Trinajstić information content (AvgIpc) is 2.69. The molecule has 1 aromatic carbocycles. The second-order valence-corrected chi connectivity index (χ2v) is 6.64. The minimum absolute atomic E-state index is 0.0256. The highest BCUT2D eigenvalue weighted by molar-refractivity contribution is 9.11. The first-order valence-electron chi connectivity index (χ1n) is 5.59. The van der Waals surface area contributed by atoms with Gasteiger partial charge in [-0.15, -0.1) is 11.3 Å². The molecule has 0 N–H and O–H groups in total. The molecule has 0 unspecified atom stereocenters. The molecular formula is C14H14BrNOS. The van der Waals surface area contributed by atoms with Crippen LogP contribution in [0.15, 0.2) is 34.1 Å². The summed E-state index contributed by atoms with van der Waals surface area (Å²) in [5, 5.41) is 0. The zero-order chi connectivity index (χ0) is 13.3. The van der Waals surface area contributed by atoms with Gasteiger partial charge >= 0.3 is 0 Å². The summed E-state index contributed by atoms with van der Waals surface area (Å²) >= 11 is 4.92. The zero-order valence-electron chi connectivity index (χ0n) is 10.5. The van der Waals surface area contributed by atoms with Crippen molar-refractivity contribution in [3.05, 3.63) is 50.1 Å². The van der Waals surface area contributed by atoms with Gasteiger partial charge in [0.25, 0.3) is 5.91 Å². The van der Waals surface area contributed by atoms with E-state index in [-0.39, 0.29) is 5.91 Å². The summed E-state index contributed by atoms with van der Waals surface area (Å²) in [7, 11) is 1.80. The van der Waals surface area contributed by atoms with Crippen molar-refractivity contribution < 1.29 is 4.79 Å². The molecule has 2 nitrogen and oxygen atoms in total. The number of carbonyl (C=O) groups excluding carboxylic acids is 1. The first-order chi connectivity index (χ1) is 8.49. The predicted molar refractivity (Wildman–Crippen MR) is 80.7 cm³/mol. The fourth-order valence-electron chi connectivity index (χ4n) is 1.62. The Kier molecular flexibility index (Phi) is 3.88. The number of benzene rings is 1. The molecule has 1 amide bonds. The second-order valence-electron chi connectivity index (χ2n) is 4.27. The number of hydrogen-bond donors (Lipinski definition) is 0. The van der Waals surface area contributed by atoms with Gasteiger partial charge in [-0.25, -0.2) is 0 Å². The maximum absolute atomic E-state index is 12.3. The zero-order valence-corrected chi connectivity index (χ0v) is 12.9. The van der Waals surface area contributed by atoms with Crippen LogP contribution < -0.4 is 4.90 Å². The summed E-state index contributed by atoms with van der Waals surface area (Å²) in [5.41, 5.74) is 3.20. The van der Waals surface area contributed by atoms with Crippen LogP contribution in [0.25, 0.3) is 0 Å². The van der Waals surface area contributed by atoms with Gasteiger partial charge < -0.3 is 4.90 Å².